The predicted octanol–water partition coefficient (Wildman–Crippen LogP) is 2.65. The molecule has 0 spiro atoms. The van der Waals surface area contributed by atoms with Crippen molar-refractivity contribution in [2.75, 3.05) is 55.9 Å². The largest absolute Gasteiger partial charge is 0.486 e. The zero-order valence-electron chi connectivity index (χ0n) is 20.1. The molecule has 6 rings (SSSR count). The molecule has 3 aliphatic heterocycles. The van der Waals surface area contributed by atoms with Gasteiger partial charge >= 0.3 is 0 Å². The van der Waals surface area contributed by atoms with Crippen molar-refractivity contribution in [3.8, 4) is 17.0 Å². The fourth-order valence-corrected chi connectivity index (χ4v) is 5.00. The molecular weight excluding hydrogens is 446 g/mol. The Bertz CT molecular complexity index is 1280. The number of ether oxygens (including phenoxy) is 3. The van der Waals surface area contributed by atoms with Crippen LogP contribution >= 0.6 is 0 Å². The average molecular weight is 476 g/mol. The molecule has 182 valence electrons. The number of pyridine rings is 1. The van der Waals surface area contributed by atoms with Gasteiger partial charge in [-0.3, -0.25) is 4.79 Å². The van der Waals surface area contributed by atoms with E-state index in [2.05, 4.69) is 29.7 Å². The highest BCUT2D eigenvalue weighted by Gasteiger charge is 2.27. The van der Waals surface area contributed by atoms with E-state index in [0.29, 0.717) is 44.4 Å². The highest BCUT2D eigenvalue weighted by molar-refractivity contribution is 5.90. The molecule has 5 heterocycles. The van der Waals surface area contributed by atoms with Gasteiger partial charge in [0, 0.05) is 30.6 Å². The standard InChI is InChI=1S/C26H29N5O4/c1-16-13-33-9-7-30(16)25-21-4-5-22(18-3-6-23-19(11-18)12-20(32)15-35-23)27-24(21)28-26(29-25)31-8-10-34-14-17(31)2/h3-6,11,16-17H,7-10,12-15H2,1-2H3/t16-,17-/m0/s1. The van der Waals surface area contributed by atoms with Gasteiger partial charge in [0.25, 0.3) is 0 Å². The van der Waals surface area contributed by atoms with E-state index in [1.807, 2.05) is 24.3 Å². The zero-order chi connectivity index (χ0) is 23.9. The number of aromatic nitrogens is 3. The second kappa shape index (κ2) is 9.05. The molecule has 0 bridgehead atoms. The van der Waals surface area contributed by atoms with Crippen molar-refractivity contribution in [2.24, 2.45) is 0 Å². The number of nitrogens with zero attached hydrogens (tertiary/aromatic N) is 5. The van der Waals surface area contributed by atoms with E-state index < -0.39 is 0 Å². The summed E-state index contributed by atoms with van der Waals surface area (Å²) in [5.74, 6) is 2.42. The molecule has 0 radical (unpaired) electrons. The number of rotatable bonds is 3. The average Bonchev–Trinajstić information content (AvgIpc) is 2.88. The van der Waals surface area contributed by atoms with Crippen LogP contribution in [-0.4, -0.2) is 78.9 Å². The summed E-state index contributed by atoms with van der Waals surface area (Å²) in [5, 5.41) is 0.920. The van der Waals surface area contributed by atoms with Gasteiger partial charge in [-0.05, 0) is 44.2 Å². The number of ketones is 1. The topological polar surface area (TPSA) is 89.9 Å². The van der Waals surface area contributed by atoms with Crippen molar-refractivity contribution in [2.45, 2.75) is 32.4 Å². The summed E-state index contributed by atoms with van der Waals surface area (Å²) in [5.41, 5.74) is 3.29. The second-order valence-corrected chi connectivity index (χ2v) is 9.48. The zero-order valence-corrected chi connectivity index (χ0v) is 20.1. The third-order valence-electron chi connectivity index (χ3n) is 6.92. The number of benzene rings is 1. The highest BCUT2D eigenvalue weighted by Crippen LogP contribution is 2.33. The fourth-order valence-electron chi connectivity index (χ4n) is 5.00. The predicted molar refractivity (Wildman–Crippen MR) is 132 cm³/mol. The minimum Gasteiger partial charge on any atom is -0.486 e. The quantitative estimate of drug-likeness (QED) is 0.567. The molecule has 0 saturated carbocycles. The number of morpholine rings is 2. The Morgan fingerprint density at radius 2 is 1.69 bits per heavy atom. The monoisotopic (exact) mass is 475 g/mol. The van der Waals surface area contributed by atoms with Crippen molar-refractivity contribution in [3.63, 3.8) is 0 Å². The van der Waals surface area contributed by atoms with Crippen LogP contribution < -0.4 is 14.5 Å². The molecule has 0 N–H and O–H groups in total. The van der Waals surface area contributed by atoms with Crippen molar-refractivity contribution >= 4 is 28.6 Å². The molecule has 0 amide bonds. The SMILES string of the molecule is C[C@H]1COCCN1c1nc(N2CCOC[C@@H]2C)c2ccc(-c3ccc4c(c3)CC(=O)CO4)nc2n1. The smallest absolute Gasteiger partial charge is 0.229 e. The molecule has 3 aromatic rings. The van der Waals surface area contributed by atoms with E-state index in [0.717, 1.165) is 46.9 Å². The first-order chi connectivity index (χ1) is 17.1. The van der Waals surface area contributed by atoms with Crippen LogP contribution in [0.3, 0.4) is 0 Å². The van der Waals surface area contributed by atoms with E-state index >= 15 is 0 Å². The van der Waals surface area contributed by atoms with Crippen molar-refractivity contribution < 1.29 is 19.0 Å². The molecule has 1 aromatic carbocycles. The Hall–Kier alpha value is -3.30. The molecule has 2 saturated heterocycles. The van der Waals surface area contributed by atoms with Crippen LogP contribution in [0.15, 0.2) is 30.3 Å². The summed E-state index contributed by atoms with van der Waals surface area (Å²) < 4.78 is 16.9. The van der Waals surface area contributed by atoms with Crippen LogP contribution in [0.2, 0.25) is 0 Å². The van der Waals surface area contributed by atoms with Gasteiger partial charge in [0.2, 0.25) is 5.95 Å². The van der Waals surface area contributed by atoms with Gasteiger partial charge < -0.3 is 24.0 Å². The number of carbonyl (C=O) groups excluding carboxylic acids is 1. The highest BCUT2D eigenvalue weighted by atomic mass is 16.5. The Balaban J connectivity index is 1.46. The van der Waals surface area contributed by atoms with E-state index in [-0.39, 0.29) is 24.5 Å². The van der Waals surface area contributed by atoms with Crippen LogP contribution in [-0.2, 0) is 20.7 Å². The lowest BCUT2D eigenvalue weighted by Crippen LogP contribution is -2.46. The maximum atomic E-state index is 11.9. The van der Waals surface area contributed by atoms with Gasteiger partial charge in [-0.15, -0.1) is 0 Å². The summed E-state index contributed by atoms with van der Waals surface area (Å²) in [6, 6.07) is 10.3. The molecule has 0 unspecified atom stereocenters. The Morgan fingerprint density at radius 3 is 2.46 bits per heavy atom. The van der Waals surface area contributed by atoms with Gasteiger partial charge in [-0.25, -0.2) is 4.98 Å². The van der Waals surface area contributed by atoms with Gasteiger partial charge in [-0.1, -0.05) is 0 Å². The number of hydrogen-bond donors (Lipinski definition) is 0. The maximum absolute atomic E-state index is 11.9. The molecule has 2 atom stereocenters. The Kier molecular flexibility index (Phi) is 5.74. The molecule has 2 aromatic heterocycles. The van der Waals surface area contributed by atoms with E-state index in [1.165, 1.54) is 0 Å². The minimum atomic E-state index is 0.0856. The Morgan fingerprint density at radius 1 is 0.914 bits per heavy atom. The van der Waals surface area contributed by atoms with E-state index in [4.69, 9.17) is 29.2 Å². The third kappa shape index (κ3) is 4.19. The van der Waals surface area contributed by atoms with Crippen LogP contribution in [0.1, 0.15) is 19.4 Å². The lowest BCUT2D eigenvalue weighted by atomic mass is 10.0. The van der Waals surface area contributed by atoms with Crippen molar-refractivity contribution in [3.05, 3.63) is 35.9 Å². The summed E-state index contributed by atoms with van der Waals surface area (Å²) in [6.45, 7) is 8.56. The van der Waals surface area contributed by atoms with Crippen molar-refractivity contribution in [1.29, 1.82) is 0 Å². The normalized spacial score (nSPS) is 22.7. The van der Waals surface area contributed by atoms with Crippen molar-refractivity contribution in [1.82, 2.24) is 15.0 Å². The first kappa shape index (κ1) is 22.2. The van der Waals surface area contributed by atoms with Gasteiger partial charge in [0.15, 0.2) is 11.4 Å². The molecule has 9 heteroatoms. The number of fused-ring (bicyclic) bond motifs is 2. The van der Waals surface area contributed by atoms with Crippen LogP contribution in [0, 0.1) is 0 Å². The summed E-state index contributed by atoms with van der Waals surface area (Å²) in [6.07, 6.45) is 0.386. The fraction of sp³-hybridized carbons (Fsp3) is 0.462. The van der Waals surface area contributed by atoms with Crippen LogP contribution in [0.25, 0.3) is 22.3 Å². The van der Waals surface area contributed by atoms with Crippen LogP contribution in [0.5, 0.6) is 5.75 Å². The first-order valence-electron chi connectivity index (χ1n) is 12.2. The van der Waals surface area contributed by atoms with Crippen LogP contribution in [0.4, 0.5) is 11.8 Å². The summed E-state index contributed by atoms with van der Waals surface area (Å²) >= 11 is 0. The number of anilines is 2. The number of hydrogen-bond acceptors (Lipinski definition) is 9. The number of Topliss-reactive ketones (excluding diaryl/α,β-unsaturated/α-hetero) is 1. The number of carbonyl (C=O) groups is 1. The summed E-state index contributed by atoms with van der Waals surface area (Å²) in [4.78, 5) is 31.4. The summed E-state index contributed by atoms with van der Waals surface area (Å²) in [7, 11) is 0. The maximum Gasteiger partial charge on any atom is 0.229 e. The molecular formula is C26H29N5O4. The van der Waals surface area contributed by atoms with E-state index in [1.54, 1.807) is 0 Å². The molecule has 3 aliphatic rings. The molecule has 9 nitrogen and oxygen atoms in total. The Labute approximate surface area is 204 Å². The second-order valence-electron chi connectivity index (χ2n) is 9.48. The van der Waals surface area contributed by atoms with Gasteiger partial charge in [-0.2, -0.15) is 9.97 Å². The molecule has 0 aliphatic carbocycles. The molecule has 35 heavy (non-hydrogen) atoms. The van der Waals surface area contributed by atoms with E-state index in [9.17, 15) is 4.79 Å². The van der Waals surface area contributed by atoms with Gasteiger partial charge in [0.1, 0.15) is 18.2 Å². The van der Waals surface area contributed by atoms with Gasteiger partial charge in [0.05, 0.1) is 49.6 Å². The first-order valence-corrected chi connectivity index (χ1v) is 12.2. The lowest BCUT2D eigenvalue weighted by Gasteiger charge is -2.37. The third-order valence-corrected chi connectivity index (χ3v) is 6.92. The lowest BCUT2D eigenvalue weighted by molar-refractivity contribution is -0.121. The molecule has 2 fully saturated rings. The minimum absolute atomic E-state index is 0.0856.